The van der Waals surface area contributed by atoms with Crippen molar-refractivity contribution in [2.24, 2.45) is 0 Å². The highest BCUT2D eigenvalue weighted by molar-refractivity contribution is 5.59. The summed E-state index contributed by atoms with van der Waals surface area (Å²) in [6.07, 6.45) is -0.510. The van der Waals surface area contributed by atoms with Gasteiger partial charge in [0.2, 0.25) is 0 Å². The first-order valence-electron chi connectivity index (χ1n) is 8.44. The van der Waals surface area contributed by atoms with Crippen LogP contribution in [0.2, 0.25) is 0 Å². The zero-order valence-corrected chi connectivity index (χ0v) is 14.5. The van der Waals surface area contributed by atoms with Crippen LogP contribution in [0.4, 0.5) is 14.5 Å². The molecule has 2 heterocycles. The first-order valence-corrected chi connectivity index (χ1v) is 8.44. The molecule has 2 aromatic rings. The number of ether oxygens (including phenoxy) is 2. The lowest BCUT2D eigenvalue weighted by Gasteiger charge is -2.36. The zero-order valence-electron chi connectivity index (χ0n) is 14.5. The summed E-state index contributed by atoms with van der Waals surface area (Å²) in [6, 6.07) is 9.93. The molecule has 3 unspecified atom stereocenters. The molecule has 1 saturated heterocycles. The fourth-order valence-corrected chi connectivity index (χ4v) is 3.54. The van der Waals surface area contributed by atoms with E-state index in [1.807, 2.05) is 6.07 Å². The van der Waals surface area contributed by atoms with Crippen LogP contribution in [0.1, 0.15) is 49.6 Å². The first kappa shape index (κ1) is 16.5. The Morgan fingerprint density at radius 2 is 1.80 bits per heavy atom. The van der Waals surface area contributed by atoms with Gasteiger partial charge in [-0.05, 0) is 34.7 Å². The van der Waals surface area contributed by atoms with Crippen LogP contribution in [-0.4, -0.2) is 12.9 Å². The Kier molecular flexibility index (Phi) is 3.81. The minimum absolute atomic E-state index is 0.0287. The number of benzene rings is 2. The third kappa shape index (κ3) is 2.81. The third-order valence-electron chi connectivity index (χ3n) is 4.97. The van der Waals surface area contributed by atoms with Crippen LogP contribution in [0.25, 0.3) is 0 Å². The molecular formula is C20H21F2NO2. The predicted octanol–water partition coefficient (Wildman–Crippen LogP) is 4.84. The van der Waals surface area contributed by atoms with E-state index in [0.717, 1.165) is 17.3 Å². The molecule has 2 aromatic carbocycles. The number of rotatable bonds is 1. The van der Waals surface area contributed by atoms with Crippen LogP contribution in [0.15, 0.2) is 36.4 Å². The van der Waals surface area contributed by atoms with E-state index in [1.165, 1.54) is 11.6 Å². The van der Waals surface area contributed by atoms with Crippen molar-refractivity contribution < 1.29 is 18.3 Å². The second kappa shape index (κ2) is 5.78. The fourth-order valence-electron chi connectivity index (χ4n) is 3.54. The number of halogens is 2. The summed E-state index contributed by atoms with van der Waals surface area (Å²) in [6.45, 7) is 6.69. The Balaban J connectivity index is 1.76. The van der Waals surface area contributed by atoms with Crippen LogP contribution in [-0.2, 0) is 14.9 Å². The Hall–Kier alpha value is -1.98. The summed E-state index contributed by atoms with van der Waals surface area (Å²) in [5.41, 5.74) is 3.88. The van der Waals surface area contributed by atoms with E-state index in [0.29, 0.717) is 5.56 Å². The van der Waals surface area contributed by atoms with Crippen molar-refractivity contribution in [3.8, 4) is 0 Å². The number of fused-ring (bicyclic) bond motifs is 3. The van der Waals surface area contributed by atoms with Crippen molar-refractivity contribution in [2.75, 3.05) is 12.1 Å². The molecule has 1 fully saturated rings. The van der Waals surface area contributed by atoms with Crippen molar-refractivity contribution in [2.45, 2.75) is 44.4 Å². The van der Waals surface area contributed by atoms with Gasteiger partial charge in [-0.1, -0.05) is 39.0 Å². The third-order valence-corrected chi connectivity index (χ3v) is 4.97. The van der Waals surface area contributed by atoms with Crippen molar-refractivity contribution in [3.05, 3.63) is 64.7 Å². The Labute approximate surface area is 146 Å². The van der Waals surface area contributed by atoms with Gasteiger partial charge < -0.3 is 14.8 Å². The molecule has 132 valence electrons. The lowest BCUT2D eigenvalue weighted by atomic mass is 9.82. The molecule has 0 amide bonds. The highest BCUT2D eigenvalue weighted by Gasteiger charge is 2.43. The largest absolute Gasteiger partial charge is 0.375 e. The van der Waals surface area contributed by atoms with E-state index < -0.39 is 11.6 Å². The molecule has 0 aliphatic carbocycles. The van der Waals surface area contributed by atoms with Gasteiger partial charge in [-0.25, -0.2) is 8.78 Å². The van der Waals surface area contributed by atoms with Crippen molar-refractivity contribution in [1.82, 2.24) is 0 Å². The minimum Gasteiger partial charge on any atom is -0.375 e. The quantitative estimate of drug-likeness (QED) is 0.802. The SMILES string of the molecule is CC(C)(C)c1ccc2c(c1)C1OCOC1C(c1ccc(F)c(F)c1)N2. The maximum atomic E-state index is 13.7. The van der Waals surface area contributed by atoms with E-state index in [4.69, 9.17) is 9.47 Å². The molecule has 25 heavy (non-hydrogen) atoms. The molecule has 3 atom stereocenters. The monoisotopic (exact) mass is 345 g/mol. The van der Waals surface area contributed by atoms with Crippen molar-refractivity contribution in [3.63, 3.8) is 0 Å². The molecule has 5 heteroatoms. The molecule has 4 rings (SSSR count). The zero-order chi connectivity index (χ0) is 17.8. The normalized spacial score (nSPS) is 25.2. The van der Waals surface area contributed by atoms with E-state index in [1.54, 1.807) is 6.07 Å². The second-order valence-electron chi connectivity index (χ2n) is 7.68. The van der Waals surface area contributed by atoms with Crippen LogP contribution < -0.4 is 5.32 Å². The summed E-state index contributed by atoms with van der Waals surface area (Å²) in [7, 11) is 0. The smallest absolute Gasteiger partial charge is 0.159 e. The van der Waals surface area contributed by atoms with Gasteiger partial charge in [-0.3, -0.25) is 0 Å². The summed E-state index contributed by atoms with van der Waals surface area (Å²) in [5.74, 6) is -1.71. The van der Waals surface area contributed by atoms with Gasteiger partial charge in [0.05, 0.1) is 6.04 Å². The molecule has 2 aliphatic heterocycles. The molecule has 0 radical (unpaired) electrons. The molecular weight excluding hydrogens is 324 g/mol. The highest BCUT2D eigenvalue weighted by atomic mass is 19.2. The van der Waals surface area contributed by atoms with Gasteiger partial charge in [-0.15, -0.1) is 0 Å². The van der Waals surface area contributed by atoms with Gasteiger partial charge >= 0.3 is 0 Å². The standard InChI is InChI=1S/C20H21F2NO2/c1-20(2,3)12-5-7-16-13(9-12)18-19(25-10-24-18)17(23-16)11-4-6-14(21)15(22)8-11/h4-9,17-19,23H,10H2,1-3H3. The molecule has 0 spiro atoms. The maximum Gasteiger partial charge on any atom is 0.159 e. The summed E-state index contributed by atoms with van der Waals surface area (Å²) < 4.78 is 38.6. The summed E-state index contributed by atoms with van der Waals surface area (Å²) >= 11 is 0. The van der Waals surface area contributed by atoms with E-state index in [9.17, 15) is 8.78 Å². The van der Waals surface area contributed by atoms with Gasteiger partial charge in [0, 0.05) is 11.3 Å². The molecule has 1 N–H and O–H groups in total. The molecule has 2 aliphatic rings. The topological polar surface area (TPSA) is 30.5 Å². The van der Waals surface area contributed by atoms with Crippen molar-refractivity contribution in [1.29, 1.82) is 0 Å². The van der Waals surface area contributed by atoms with Crippen molar-refractivity contribution >= 4 is 5.69 Å². The van der Waals surface area contributed by atoms with E-state index >= 15 is 0 Å². The molecule has 3 nitrogen and oxygen atoms in total. The molecule has 0 saturated carbocycles. The minimum atomic E-state index is -0.858. The lowest BCUT2D eigenvalue weighted by Crippen LogP contribution is -2.34. The summed E-state index contributed by atoms with van der Waals surface area (Å²) in [5, 5.41) is 3.42. The number of hydrogen-bond donors (Lipinski definition) is 1. The van der Waals surface area contributed by atoms with Crippen LogP contribution in [0.5, 0.6) is 0 Å². The Bertz CT molecular complexity index is 816. The number of nitrogens with one attached hydrogen (secondary N) is 1. The molecule has 0 aromatic heterocycles. The number of anilines is 1. The number of hydrogen-bond acceptors (Lipinski definition) is 3. The predicted molar refractivity (Wildman–Crippen MR) is 91.4 cm³/mol. The lowest BCUT2D eigenvalue weighted by molar-refractivity contribution is 0.0367. The van der Waals surface area contributed by atoms with Crippen LogP contribution >= 0.6 is 0 Å². The van der Waals surface area contributed by atoms with E-state index in [-0.39, 0.29) is 30.5 Å². The summed E-state index contributed by atoms with van der Waals surface area (Å²) in [4.78, 5) is 0. The van der Waals surface area contributed by atoms with Gasteiger partial charge in [0.25, 0.3) is 0 Å². The first-order chi connectivity index (χ1) is 11.8. The average Bonchev–Trinajstić information content (AvgIpc) is 3.05. The fraction of sp³-hybridized carbons (Fsp3) is 0.400. The average molecular weight is 345 g/mol. The van der Waals surface area contributed by atoms with Crippen LogP contribution in [0, 0.1) is 11.6 Å². The Morgan fingerprint density at radius 1 is 1.00 bits per heavy atom. The van der Waals surface area contributed by atoms with Gasteiger partial charge in [-0.2, -0.15) is 0 Å². The van der Waals surface area contributed by atoms with Gasteiger partial charge in [0.1, 0.15) is 19.0 Å². The van der Waals surface area contributed by atoms with Crippen LogP contribution in [0.3, 0.4) is 0 Å². The Morgan fingerprint density at radius 3 is 2.52 bits per heavy atom. The second-order valence-corrected chi connectivity index (χ2v) is 7.68. The van der Waals surface area contributed by atoms with Gasteiger partial charge in [0.15, 0.2) is 11.6 Å². The van der Waals surface area contributed by atoms with E-state index in [2.05, 4.69) is 38.2 Å². The highest BCUT2D eigenvalue weighted by Crippen LogP contribution is 2.46. The molecule has 0 bridgehead atoms. The maximum absolute atomic E-state index is 13.7.